The number of carbonyl (C=O) groups excluding carboxylic acids is 1. The Bertz CT molecular complexity index is 691. The summed E-state index contributed by atoms with van der Waals surface area (Å²) in [7, 11) is 0. The number of hydrogen-bond acceptors (Lipinski definition) is 6. The highest BCUT2D eigenvalue weighted by molar-refractivity contribution is 6.10. The monoisotopic (exact) mass is 290 g/mol. The van der Waals surface area contributed by atoms with Crippen molar-refractivity contribution >= 4 is 22.8 Å². The molecule has 2 aromatic rings. The Morgan fingerprint density at radius 2 is 2.24 bits per heavy atom. The number of aliphatic hydroxyl groups is 1. The van der Waals surface area contributed by atoms with Crippen LogP contribution in [0.1, 0.15) is 35.9 Å². The number of furan rings is 1. The lowest BCUT2D eigenvalue weighted by Gasteiger charge is -2.13. The Hall–Kier alpha value is -2.15. The summed E-state index contributed by atoms with van der Waals surface area (Å²) in [5, 5.41) is 15.4. The molecule has 1 saturated carbocycles. The van der Waals surface area contributed by atoms with Crippen molar-refractivity contribution in [3.8, 4) is 0 Å². The second kappa shape index (κ2) is 5.00. The third kappa shape index (κ3) is 2.56. The minimum atomic E-state index is -0.292. The Morgan fingerprint density at radius 1 is 1.48 bits per heavy atom. The molecule has 3 N–H and O–H groups in total. The van der Waals surface area contributed by atoms with Gasteiger partial charge in [-0.3, -0.25) is 4.79 Å². The Morgan fingerprint density at radius 3 is 2.90 bits per heavy atom. The molecule has 0 spiro atoms. The maximum Gasteiger partial charge on any atom is 0.255 e. The summed E-state index contributed by atoms with van der Waals surface area (Å²) in [5.74, 6) is 0.815. The van der Waals surface area contributed by atoms with Crippen LogP contribution in [0, 0.1) is 6.92 Å². The molecule has 0 bridgehead atoms. The lowest BCUT2D eigenvalue weighted by atomic mass is 10.1. The second-order valence-corrected chi connectivity index (χ2v) is 5.60. The third-order valence-electron chi connectivity index (χ3n) is 3.71. The maximum atomic E-state index is 12.3. The van der Waals surface area contributed by atoms with Gasteiger partial charge in [0.15, 0.2) is 0 Å². The topological polar surface area (TPSA) is 100 Å². The summed E-state index contributed by atoms with van der Waals surface area (Å²) >= 11 is 0. The number of aliphatic hydroxyl groups excluding tert-OH is 1. The third-order valence-corrected chi connectivity index (χ3v) is 3.71. The van der Waals surface area contributed by atoms with Gasteiger partial charge in [-0.05, 0) is 26.7 Å². The van der Waals surface area contributed by atoms with Crippen molar-refractivity contribution in [1.82, 2.24) is 15.3 Å². The van der Waals surface area contributed by atoms with Crippen molar-refractivity contribution in [2.75, 3.05) is 18.5 Å². The normalized spacial score (nSPS) is 16.0. The maximum absolute atomic E-state index is 12.3. The van der Waals surface area contributed by atoms with Crippen molar-refractivity contribution in [2.24, 2.45) is 0 Å². The van der Waals surface area contributed by atoms with Crippen LogP contribution in [-0.4, -0.2) is 39.7 Å². The molecule has 0 atom stereocenters. The SMILES string of the molecule is Cc1oc2ncnc(NC3(C)CC3)c2c1C(=O)NCCO. The molecule has 21 heavy (non-hydrogen) atoms. The van der Waals surface area contributed by atoms with Crippen LogP contribution in [0.2, 0.25) is 0 Å². The molecule has 1 fully saturated rings. The molecular weight excluding hydrogens is 272 g/mol. The Labute approximate surface area is 121 Å². The first-order valence-electron chi connectivity index (χ1n) is 6.95. The van der Waals surface area contributed by atoms with Crippen molar-refractivity contribution in [1.29, 1.82) is 0 Å². The average Bonchev–Trinajstić information content (AvgIpc) is 3.06. The molecule has 7 nitrogen and oxygen atoms in total. The molecule has 0 aromatic carbocycles. The summed E-state index contributed by atoms with van der Waals surface area (Å²) in [6.07, 6.45) is 3.57. The van der Waals surface area contributed by atoms with E-state index in [4.69, 9.17) is 9.52 Å². The second-order valence-electron chi connectivity index (χ2n) is 5.60. The zero-order valence-electron chi connectivity index (χ0n) is 12.1. The van der Waals surface area contributed by atoms with Gasteiger partial charge in [-0.2, -0.15) is 0 Å². The summed E-state index contributed by atoms with van der Waals surface area (Å²) in [6.45, 7) is 3.91. The first-order chi connectivity index (χ1) is 10.0. The first kappa shape index (κ1) is 13.8. The highest BCUT2D eigenvalue weighted by Crippen LogP contribution is 2.40. The fourth-order valence-corrected chi connectivity index (χ4v) is 2.27. The van der Waals surface area contributed by atoms with Gasteiger partial charge >= 0.3 is 0 Å². The predicted molar refractivity (Wildman–Crippen MR) is 77.2 cm³/mol. The smallest absolute Gasteiger partial charge is 0.255 e. The zero-order chi connectivity index (χ0) is 15.0. The van der Waals surface area contributed by atoms with Crippen LogP contribution >= 0.6 is 0 Å². The summed E-state index contributed by atoms with van der Waals surface area (Å²) in [5.41, 5.74) is 0.847. The van der Waals surface area contributed by atoms with Crippen molar-refractivity contribution in [3.05, 3.63) is 17.7 Å². The van der Waals surface area contributed by atoms with Gasteiger partial charge in [0, 0.05) is 12.1 Å². The van der Waals surface area contributed by atoms with Gasteiger partial charge in [-0.15, -0.1) is 0 Å². The molecule has 0 saturated heterocycles. The molecule has 112 valence electrons. The van der Waals surface area contributed by atoms with E-state index < -0.39 is 0 Å². The molecule has 0 aliphatic heterocycles. The lowest BCUT2D eigenvalue weighted by molar-refractivity contribution is 0.0944. The zero-order valence-corrected chi connectivity index (χ0v) is 12.1. The first-order valence-corrected chi connectivity index (χ1v) is 6.95. The van der Waals surface area contributed by atoms with E-state index in [0.717, 1.165) is 12.8 Å². The van der Waals surface area contributed by atoms with Gasteiger partial charge in [0.05, 0.1) is 17.6 Å². The Balaban J connectivity index is 2.05. The highest BCUT2D eigenvalue weighted by atomic mass is 16.3. The number of carbonyl (C=O) groups is 1. The number of rotatable bonds is 5. The number of fused-ring (bicyclic) bond motifs is 1. The minimum absolute atomic E-state index is 0.0330. The Kier molecular flexibility index (Phi) is 3.29. The fourth-order valence-electron chi connectivity index (χ4n) is 2.27. The van der Waals surface area contributed by atoms with E-state index >= 15 is 0 Å². The van der Waals surface area contributed by atoms with E-state index in [1.807, 2.05) is 0 Å². The quantitative estimate of drug-likeness (QED) is 0.765. The van der Waals surface area contributed by atoms with Gasteiger partial charge in [-0.25, -0.2) is 9.97 Å². The van der Waals surface area contributed by atoms with E-state index in [1.165, 1.54) is 6.33 Å². The predicted octanol–water partition coefficient (Wildman–Crippen LogP) is 1.22. The molecule has 3 rings (SSSR count). The number of amides is 1. The molecule has 1 aliphatic carbocycles. The van der Waals surface area contributed by atoms with Crippen LogP contribution in [0.5, 0.6) is 0 Å². The lowest BCUT2D eigenvalue weighted by Crippen LogP contribution is -2.27. The fraction of sp³-hybridized carbons (Fsp3) is 0.500. The molecule has 7 heteroatoms. The van der Waals surface area contributed by atoms with Crippen LogP contribution in [0.4, 0.5) is 5.82 Å². The van der Waals surface area contributed by atoms with Crippen LogP contribution in [0.3, 0.4) is 0 Å². The largest absolute Gasteiger partial charge is 0.442 e. The van der Waals surface area contributed by atoms with Crippen LogP contribution in [0.15, 0.2) is 10.7 Å². The van der Waals surface area contributed by atoms with E-state index in [-0.39, 0.29) is 24.6 Å². The molecule has 2 aromatic heterocycles. The van der Waals surface area contributed by atoms with E-state index in [2.05, 4.69) is 27.5 Å². The standard InChI is InChI=1S/C14H18N4O3/c1-8-9(12(20)15-5-6-19)10-11(18-14(2)3-4-14)16-7-17-13(10)21-8/h7,19H,3-6H2,1-2H3,(H,15,20)(H,16,17,18). The molecule has 0 radical (unpaired) electrons. The number of aryl methyl sites for hydroxylation is 1. The van der Waals surface area contributed by atoms with E-state index in [1.54, 1.807) is 6.92 Å². The van der Waals surface area contributed by atoms with Crippen molar-refractivity contribution < 1.29 is 14.3 Å². The van der Waals surface area contributed by atoms with Gasteiger partial charge in [0.25, 0.3) is 5.91 Å². The van der Waals surface area contributed by atoms with Gasteiger partial charge in [0.1, 0.15) is 17.9 Å². The summed E-state index contributed by atoms with van der Waals surface area (Å²) in [6, 6.07) is 0. The molecular formula is C14H18N4O3. The van der Waals surface area contributed by atoms with Gasteiger partial charge in [-0.1, -0.05) is 0 Å². The number of hydrogen-bond donors (Lipinski definition) is 3. The molecule has 1 aliphatic rings. The molecule has 1 amide bonds. The minimum Gasteiger partial charge on any atom is -0.442 e. The summed E-state index contributed by atoms with van der Waals surface area (Å²) in [4.78, 5) is 20.6. The molecule has 0 unspecified atom stereocenters. The van der Waals surface area contributed by atoms with Gasteiger partial charge < -0.3 is 20.2 Å². The van der Waals surface area contributed by atoms with Gasteiger partial charge in [0.2, 0.25) is 5.71 Å². The van der Waals surface area contributed by atoms with E-state index in [0.29, 0.717) is 28.2 Å². The number of nitrogens with zero attached hydrogens (tertiary/aromatic N) is 2. The van der Waals surface area contributed by atoms with Crippen molar-refractivity contribution in [3.63, 3.8) is 0 Å². The van der Waals surface area contributed by atoms with Crippen molar-refractivity contribution in [2.45, 2.75) is 32.2 Å². The number of anilines is 1. The summed E-state index contributed by atoms with van der Waals surface area (Å²) < 4.78 is 5.56. The average molecular weight is 290 g/mol. The van der Waals surface area contributed by atoms with E-state index in [9.17, 15) is 4.79 Å². The highest BCUT2D eigenvalue weighted by Gasteiger charge is 2.38. The van der Waals surface area contributed by atoms with Crippen LogP contribution < -0.4 is 10.6 Å². The number of aromatic nitrogens is 2. The van der Waals surface area contributed by atoms with Crippen LogP contribution in [0.25, 0.3) is 11.1 Å². The van der Waals surface area contributed by atoms with Crippen LogP contribution in [-0.2, 0) is 0 Å². The number of nitrogens with one attached hydrogen (secondary N) is 2. The molecule has 2 heterocycles.